The second-order valence-electron chi connectivity index (χ2n) is 5.14. The van der Waals surface area contributed by atoms with Gasteiger partial charge in [-0.2, -0.15) is 0 Å². The van der Waals surface area contributed by atoms with Gasteiger partial charge in [0.05, 0.1) is 10.7 Å². The Balaban J connectivity index is 2.04. The van der Waals surface area contributed by atoms with Crippen LogP contribution in [0.4, 0.5) is 5.69 Å². The Morgan fingerprint density at radius 2 is 1.89 bits per heavy atom. The first kappa shape index (κ1) is 13.3. The zero-order valence-corrected chi connectivity index (χ0v) is 11.5. The summed E-state index contributed by atoms with van der Waals surface area (Å²) in [5, 5.41) is 3.91. The number of nitrogens with one attached hydrogen (secondary N) is 1. The highest BCUT2D eigenvalue weighted by molar-refractivity contribution is 6.33. The lowest BCUT2D eigenvalue weighted by molar-refractivity contribution is 0.171. The lowest BCUT2D eigenvalue weighted by atomic mass is 10.0. The van der Waals surface area contributed by atoms with Gasteiger partial charge >= 0.3 is 0 Å². The van der Waals surface area contributed by atoms with Gasteiger partial charge in [0.15, 0.2) is 11.5 Å². The lowest BCUT2D eigenvalue weighted by Gasteiger charge is -2.22. The molecule has 1 aliphatic heterocycles. The Morgan fingerprint density at radius 1 is 1.28 bits per heavy atom. The molecule has 0 bridgehead atoms. The molecule has 0 radical (unpaired) electrons. The molecule has 1 aromatic carbocycles. The van der Waals surface area contributed by atoms with Crippen LogP contribution >= 0.6 is 11.6 Å². The van der Waals surface area contributed by atoms with Gasteiger partial charge < -0.3 is 20.5 Å². The van der Waals surface area contributed by atoms with Gasteiger partial charge in [0.1, 0.15) is 13.2 Å². The average Bonchev–Trinajstić information content (AvgIpc) is 2.28. The van der Waals surface area contributed by atoms with E-state index in [1.54, 1.807) is 6.07 Å². The number of nitrogens with two attached hydrogens (primary N) is 1. The van der Waals surface area contributed by atoms with E-state index in [2.05, 4.69) is 5.32 Å². The third-order valence-corrected chi connectivity index (χ3v) is 3.03. The van der Waals surface area contributed by atoms with E-state index in [-0.39, 0.29) is 5.54 Å². The fourth-order valence-electron chi connectivity index (χ4n) is 1.72. The van der Waals surface area contributed by atoms with Crippen LogP contribution in [0.25, 0.3) is 0 Å². The molecule has 2 rings (SSSR count). The summed E-state index contributed by atoms with van der Waals surface area (Å²) in [5.74, 6) is 1.44. The molecule has 1 aliphatic rings. The Hall–Kier alpha value is -1.13. The van der Waals surface area contributed by atoms with Crippen molar-refractivity contribution in [2.24, 2.45) is 5.73 Å². The number of hydrogen-bond acceptors (Lipinski definition) is 4. The number of halogens is 1. The second-order valence-corrected chi connectivity index (χ2v) is 5.55. The molecule has 0 unspecified atom stereocenters. The van der Waals surface area contributed by atoms with Crippen LogP contribution in [-0.2, 0) is 0 Å². The molecular weight excluding hydrogens is 252 g/mol. The van der Waals surface area contributed by atoms with Gasteiger partial charge in [-0.1, -0.05) is 11.6 Å². The van der Waals surface area contributed by atoms with Crippen LogP contribution in [0.2, 0.25) is 5.02 Å². The second kappa shape index (κ2) is 5.24. The van der Waals surface area contributed by atoms with Crippen LogP contribution in [-0.4, -0.2) is 25.3 Å². The van der Waals surface area contributed by atoms with Crippen LogP contribution in [0, 0.1) is 0 Å². The fourth-order valence-corrected chi connectivity index (χ4v) is 1.94. The average molecular weight is 271 g/mol. The lowest BCUT2D eigenvalue weighted by Crippen LogP contribution is -2.34. The van der Waals surface area contributed by atoms with E-state index in [1.165, 1.54) is 0 Å². The molecule has 4 nitrogen and oxygen atoms in total. The van der Waals surface area contributed by atoms with E-state index in [4.69, 9.17) is 26.8 Å². The van der Waals surface area contributed by atoms with Crippen LogP contribution in [0.3, 0.4) is 0 Å². The number of anilines is 1. The summed E-state index contributed by atoms with van der Waals surface area (Å²) in [4.78, 5) is 0. The van der Waals surface area contributed by atoms with Gasteiger partial charge in [0, 0.05) is 24.2 Å². The van der Waals surface area contributed by atoms with Crippen LogP contribution in [0.5, 0.6) is 11.5 Å². The molecule has 0 saturated heterocycles. The fraction of sp³-hybridized carbons (Fsp3) is 0.538. The summed E-state index contributed by atoms with van der Waals surface area (Å²) < 4.78 is 11.0. The minimum absolute atomic E-state index is 0.187. The predicted octanol–water partition coefficient (Wildman–Crippen LogP) is 2.65. The highest BCUT2D eigenvalue weighted by atomic mass is 35.5. The van der Waals surface area contributed by atoms with Crippen molar-refractivity contribution >= 4 is 17.3 Å². The molecule has 18 heavy (non-hydrogen) atoms. The number of fused-ring (bicyclic) bond motifs is 1. The van der Waals surface area contributed by atoms with Gasteiger partial charge in [0.25, 0.3) is 0 Å². The number of ether oxygens (including phenoxy) is 2. The number of hydrogen-bond donors (Lipinski definition) is 2. The van der Waals surface area contributed by atoms with Crippen LogP contribution in [0.1, 0.15) is 20.3 Å². The monoisotopic (exact) mass is 270 g/mol. The normalized spacial score (nSPS) is 14.4. The smallest absolute Gasteiger partial charge is 0.163 e. The van der Waals surface area contributed by atoms with Crippen molar-refractivity contribution in [2.45, 2.75) is 25.8 Å². The first-order valence-electron chi connectivity index (χ1n) is 6.08. The minimum atomic E-state index is -0.187. The van der Waals surface area contributed by atoms with Crippen molar-refractivity contribution < 1.29 is 9.47 Å². The molecule has 0 fully saturated rings. The summed E-state index contributed by atoms with van der Waals surface area (Å²) in [6.07, 6.45) is 0.859. The first-order chi connectivity index (χ1) is 8.46. The Morgan fingerprint density at radius 3 is 2.50 bits per heavy atom. The summed E-state index contributed by atoms with van der Waals surface area (Å²) in [6, 6.07) is 3.66. The topological polar surface area (TPSA) is 56.5 Å². The van der Waals surface area contributed by atoms with Crippen LogP contribution < -0.4 is 20.5 Å². The Bertz CT molecular complexity index is 430. The van der Waals surface area contributed by atoms with E-state index in [9.17, 15) is 0 Å². The predicted molar refractivity (Wildman–Crippen MR) is 73.8 cm³/mol. The largest absolute Gasteiger partial charge is 0.486 e. The van der Waals surface area contributed by atoms with Gasteiger partial charge in [-0.15, -0.1) is 0 Å². The quantitative estimate of drug-likeness (QED) is 0.883. The minimum Gasteiger partial charge on any atom is -0.486 e. The first-order valence-corrected chi connectivity index (χ1v) is 6.45. The van der Waals surface area contributed by atoms with Crippen molar-refractivity contribution in [3.8, 4) is 11.5 Å². The molecular formula is C13H19ClN2O2. The SMILES string of the molecule is CC(C)(N)CCNc1cc2c(cc1Cl)OCCO2. The molecule has 0 amide bonds. The summed E-state index contributed by atoms with van der Waals surface area (Å²) >= 11 is 6.18. The molecule has 0 aromatic heterocycles. The molecule has 3 N–H and O–H groups in total. The number of rotatable bonds is 4. The maximum atomic E-state index is 6.18. The van der Waals surface area contributed by atoms with Crippen molar-refractivity contribution in [1.82, 2.24) is 0 Å². The zero-order chi connectivity index (χ0) is 13.2. The van der Waals surface area contributed by atoms with Crippen molar-refractivity contribution in [1.29, 1.82) is 0 Å². The van der Waals surface area contributed by atoms with Crippen molar-refractivity contribution in [2.75, 3.05) is 25.1 Å². The van der Waals surface area contributed by atoms with Gasteiger partial charge in [-0.3, -0.25) is 0 Å². The van der Waals surface area contributed by atoms with E-state index in [1.807, 2.05) is 19.9 Å². The molecule has 0 aliphatic carbocycles. The van der Waals surface area contributed by atoms with Crippen LogP contribution in [0.15, 0.2) is 12.1 Å². The highest BCUT2D eigenvalue weighted by Gasteiger charge is 2.15. The third-order valence-electron chi connectivity index (χ3n) is 2.72. The third kappa shape index (κ3) is 3.43. The van der Waals surface area contributed by atoms with E-state index in [0.717, 1.165) is 24.4 Å². The molecule has 0 saturated carbocycles. The Kier molecular flexibility index (Phi) is 3.88. The van der Waals surface area contributed by atoms with E-state index < -0.39 is 0 Å². The molecule has 5 heteroatoms. The molecule has 0 atom stereocenters. The van der Waals surface area contributed by atoms with Crippen molar-refractivity contribution in [3.63, 3.8) is 0 Å². The molecule has 1 heterocycles. The molecule has 1 aromatic rings. The maximum absolute atomic E-state index is 6.18. The van der Waals surface area contributed by atoms with E-state index >= 15 is 0 Å². The summed E-state index contributed by atoms with van der Waals surface area (Å²) in [7, 11) is 0. The maximum Gasteiger partial charge on any atom is 0.163 e. The Labute approximate surface area is 112 Å². The molecule has 0 spiro atoms. The zero-order valence-electron chi connectivity index (χ0n) is 10.8. The number of benzene rings is 1. The van der Waals surface area contributed by atoms with E-state index in [0.29, 0.717) is 24.0 Å². The highest BCUT2D eigenvalue weighted by Crippen LogP contribution is 2.37. The van der Waals surface area contributed by atoms with Crippen molar-refractivity contribution in [3.05, 3.63) is 17.2 Å². The molecule has 100 valence electrons. The summed E-state index contributed by atoms with van der Waals surface area (Å²) in [5.41, 5.74) is 6.60. The standard InChI is InChI=1S/C13H19ClN2O2/c1-13(2,15)3-4-16-10-8-12-11(7-9(10)14)17-5-6-18-12/h7-8,16H,3-6,15H2,1-2H3. The summed E-state index contributed by atoms with van der Waals surface area (Å²) in [6.45, 7) is 5.91. The van der Waals surface area contributed by atoms with Gasteiger partial charge in [-0.05, 0) is 20.3 Å². The van der Waals surface area contributed by atoms with Gasteiger partial charge in [0.2, 0.25) is 0 Å². The van der Waals surface area contributed by atoms with Gasteiger partial charge in [-0.25, -0.2) is 0 Å².